The van der Waals surface area contributed by atoms with E-state index in [1.807, 2.05) is 6.07 Å². The zero-order valence-electron chi connectivity index (χ0n) is 19.8. The molecule has 0 spiro atoms. The van der Waals surface area contributed by atoms with Crippen molar-refractivity contribution in [3.63, 3.8) is 0 Å². The topological polar surface area (TPSA) is 126 Å². The van der Waals surface area contributed by atoms with Crippen LogP contribution in [0.3, 0.4) is 0 Å². The molecule has 35 heavy (non-hydrogen) atoms. The van der Waals surface area contributed by atoms with Gasteiger partial charge in [0.25, 0.3) is 5.56 Å². The van der Waals surface area contributed by atoms with Gasteiger partial charge in [-0.3, -0.25) is 19.1 Å². The molecule has 0 saturated carbocycles. The van der Waals surface area contributed by atoms with Gasteiger partial charge < -0.3 is 20.1 Å². The number of rotatable bonds is 9. The largest absolute Gasteiger partial charge is 0.462 e. The number of carbonyl (C=O) groups excluding carboxylic acids is 2. The molecule has 0 unspecified atom stereocenters. The molecule has 0 bridgehead atoms. The van der Waals surface area contributed by atoms with Crippen molar-refractivity contribution in [1.82, 2.24) is 9.47 Å². The summed E-state index contributed by atoms with van der Waals surface area (Å²) in [7, 11) is 0. The molecular weight excluding hydrogens is 470 g/mol. The van der Waals surface area contributed by atoms with Crippen molar-refractivity contribution < 1.29 is 19.1 Å². The smallest absolute Gasteiger partial charge is 0.351 e. The van der Waals surface area contributed by atoms with Crippen molar-refractivity contribution in [1.29, 1.82) is 5.26 Å². The van der Waals surface area contributed by atoms with E-state index in [1.54, 1.807) is 44.3 Å². The van der Waals surface area contributed by atoms with Gasteiger partial charge >= 0.3 is 5.97 Å². The number of nitriles is 1. The molecule has 2 N–H and O–H groups in total. The second-order valence-corrected chi connectivity index (χ2v) is 8.68. The Bertz CT molecular complexity index is 1250. The van der Waals surface area contributed by atoms with Gasteiger partial charge in [0, 0.05) is 50.2 Å². The summed E-state index contributed by atoms with van der Waals surface area (Å²) in [6.07, 6.45) is 1.95. The number of hydrogen-bond donors (Lipinski definition) is 2. The van der Waals surface area contributed by atoms with Gasteiger partial charge in [0.2, 0.25) is 5.91 Å². The van der Waals surface area contributed by atoms with Crippen LogP contribution in [0, 0.1) is 11.3 Å². The molecule has 1 aliphatic rings. The first-order valence-corrected chi connectivity index (χ1v) is 12.3. The number of aromatic nitrogens is 1. The maximum atomic E-state index is 12.8. The Kier molecular flexibility index (Phi) is 9.60. The fourth-order valence-corrected chi connectivity index (χ4v) is 4.56. The third-order valence-corrected chi connectivity index (χ3v) is 6.46. The van der Waals surface area contributed by atoms with Crippen LogP contribution in [0.4, 0.5) is 11.4 Å². The van der Waals surface area contributed by atoms with Gasteiger partial charge in [0.05, 0.1) is 19.8 Å². The third kappa shape index (κ3) is 7.02. The maximum Gasteiger partial charge on any atom is 0.351 e. The van der Waals surface area contributed by atoms with Crippen molar-refractivity contribution in [2.75, 3.05) is 50.1 Å². The molecule has 0 atom stereocenters. The van der Waals surface area contributed by atoms with E-state index in [2.05, 4.69) is 15.5 Å². The van der Waals surface area contributed by atoms with Crippen molar-refractivity contribution in [3.05, 3.63) is 43.8 Å². The van der Waals surface area contributed by atoms with Crippen LogP contribution in [0.25, 0.3) is 11.8 Å². The number of thiazole rings is 1. The zero-order valence-corrected chi connectivity index (χ0v) is 20.7. The van der Waals surface area contributed by atoms with E-state index in [0.717, 1.165) is 24.4 Å². The minimum atomic E-state index is -0.749. The van der Waals surface area contributed by atoms with Crippen LogP contribution < -0.4 is 25.4 Å². The monoisotopic (exact) mass is 499 g/mol. The molecule has 1 saturated heterocycles. The molecule has 186 valence electrons. The summed E-state index contributed by atoms with van der Waals surface area (Å²) in [6.45, 7) is 7.66. The molecule has 10 nitrogen and oxygen atoms in total. The van der Waals surface area contributed by atoms with Crippen LogP contribution in [-0.2, 0) is 25.6 Å². The van der Waals surface area contributed by atoms with Crippen LogP contribution in [0.2, 0.25) is 0 Å². The Morgan fingerprint density at radius 2 is 1.89 bits per heavy atom. The number of anilines is 2. The first-order valence-electron chi connectivity index (χ1n) is 11.4. The SMILES string of the molecule is CCOC(=O)/C(C#N)=c1\s/c(=C/Nc2ccc(NC(=O)CCN3CCOCC3)cc2)c(=O)n1CC. The van der Waals surface area contributed by atoms with Gasteiger partial charge in [-0.05, 0) is 38.1 Å². The average Bonchev–Trinajstić information content (AvgIpc) is 3.18. The number of benzene rings is 1. The van der Waals surface area contributed by atoms with Crippen LogP contribution in [0.5, 0.6) is 0 Å². The quantitative estimate of drug-likeness (QED) is 0.483. The Morgan fingerprint density at radius 3 is 2.51 bits per heavy atom. The lowest BCUT2D eigenvalue weighted by Crippen LogP contribution is -2.38. The predicted molar refractivity (Wildman–Crippen MR) is 134 cm³/mol. The van der Waals surface area contributed by atoms with E-state index >= 15 is 0 Å². The van der Waals surface area contributed by atoms with Gasteiger partial charge in [-0.25, -0.2) is 4.79 Å². The minimum absolute atomic E-state index is 0.0545. The maximum absolute atomic E-state index is 12.8. The van der Waals surface area contributed by atoms with E-state index in [-0.39, 0.29) is 28.3 Å². The number of nitrogens with zero attached hydrogens (tertiary/aromatic N) is 3. The van der Waals surface area contributed by atoms with Gasteiger partial charge in [0.1, 0.15) is 15.3 Å². The summed E-state index contributed by atoms with van der Waals surface area (Å²) in [5.41, 5.74) is 0.894. The van der Waals surface area contributed by atoms with Crippen molar-refractivity contribution in [2.45, 2.75) is 26.8 Å². The van der Waals surface area contributed by atoms with Gasteiger partial charge in [-0.15, -0.1) is 11.3 Å². The highest BCUT2D eigenvalue weighted by Gasteiger charge is 2.16. The van der Waals surface area contributed by atoms with E-state index in [1.165, 1.54) is 4.57 Å². The normalized spacial score (nSPS) is 15.3. The predicted octanol–water partition coefficient (Wildman–Crippen LogP) is 0.678. The summed E-state index contributed by atoms with van der Waals surface area (Å²) in [5, 5.41) is 15.4. The van der Waals surface area contributed by atoms with Gasteiger partial charge in [0.15, 0.2) is 5.57 Å². The van der Waals surface area contributed by atoms with Gasteiger partial charge in [-0.2, -0.15) is 5.26 Å². The minimum Gasteiger partial charge on any atom is -0.462 e. The van der Waals surface area contributed by atoms with Crippen LogP contribution in [-0.4, -0.2) is 60.8 Å². The molecule has 2 aromatic rings. The molecule has 1 fully saturated rings. The van der Waals surface area contributed by atoms with E-state index in [9.17, 15) is 19.6 Å². The number of nitrogens with one attached hydrogen (secondary N) is 2. The molecule has 1 aromatic heterocycles. The summed E-state index contributed by atoms with van der Waals surface area (Å²) >= 11 is 1.05. The summed E-state index contributed by atoms with van der Waals surface area (Å²) in [6, 6.07) is 8.97. The molecule has 1 amide bonds. The Labute approximate surface area is 207 Å². The third-order valence-electron chi connectivity index (χ3n) is 5.33. The molecule has 1 aromatic carbocycles. The lowest BCUT2D eigenvalue weighted by Gasteiger charge is -2.26. The Morgan fingerprint density at radius 1 is 1.20 bits per heavy atom. The first kappa shape index (κ1) is 26.2. The Hall–Kier alpha value is -3.46. The van der Waals surface area contributed by atoms with Crippen molar-refractivity contribution >= 4 is 46.4 Å². The summed E-state index contributed by atoms with van der Waals surface area (Å²) < 4.78 is 12.2. The standard InChI is InChI=1S/C24H29N5O5S/c1-3-29-22(31)20(35-23(29)19(15-25)24(32)34-4-2)16-26-17-5-7-18(8-6-17)27-21(30)9-10-28-11-13-33-14-12-28/h5-8,16,26H,3-4,9-14H2,1-2H3,(H,27,30)/b20-16+,23-19-. The summed E-state index contributed by atoms with van der Waals surface area (Å²) in [4.78, 5) is 39.3. The average molecular weight is 500 g/mol. The molecule has 0 aliphatic carbocycles. The molecule has 1 aliphatic heterocycles. The molecular formula is C24H29N5O5S. The van der Waals surface area contributed by atoms with E-state index < -0.39 is 5.97 Å². The Balaban J connectivity index is 1.68. The number of amides is 1. The number of carbonyl (C=O) groups is 2. The summed E-state index contributed by atoms with van der Waals surface area (Å²) in [5.74, 6) is -0.804. The van der Waals surface area contributed by atoms with Crippen LogP contribution in [0.1, 0.15) is 20.3 Å². The van der Waals surface area contributed by atoms with Crippen molar-refractivity contribution in [2.24, 2.45) is 0 Å². The second kappa shape index (κ2) is 12.9. The highest BCUT2D eigenvalue weighted by molar-refractivity contribution is 7.07. The number of morpholine rings is 1. The van der Waals surface area contributed by atoms with E-state index in [0.29, 0.717) is 48.6 Å². The fourth-order valence-electron chi connectivity index (χ4n) is 3.48. The number of hydrogen-bond acceptors (Lipinski definition) is 9. The fraction of sp³-hybridized carbons (Fsp3) is 0.417. The van der Waals surface area contributed by atoms with Crippen LogP contribution in [0.15, 0.2) is 29.1 Å². The number of esters is 1. The van der Waals surface area contributed by atoms with Gasteiger partial charge in [-0.1, -0.05) is 0 Å². The first-order chi connectivity index (χ1) is 17.0. The lowest BCUT2D eigenvalue weighted by molar-refractivity contribution is -0.136. The second-order valence-electron chi connectivity index (χ2n) is 7.65. The highest BCUT2D eigenvalue weighted by atomic mass is 32.1. The molecule has 0 radical (unpaired) electrons. The molecule has 11 heteroatoms. The highest BCUT2D eigenvalue weighted by Crippen LogP contribution is 2.14. The lowest BCUT2D eigenvalue weighted by atomic mass is 10.2. The molecule has 3 rings (SSSR count). The zero-order chi connectivity index (χ0) is 25.2. The van der Waals surface area contributed by atoms with Crippen LogP contribution >= 0.6 is 11.3 Å². The molecule has 2 heterocycles. The van der Waals surface area contributed by atoms with Crippen molar-refractivity contribution in [3.8, 4) is 6.07 Å². The number of ether oxygens (including phenoxy) is 2. The van der Waals surface area contributed by atoms with E-state index in [4.69, 9.17) is 9.47 Å².